The van der Waals surface area contributed by atoms with Crippen LogP contribution in [0.15, 0.2) is 36.5 Å². The second-order valence-electron chi connectivity index (χ2n) is 8.98. The summed E-state index contributed by atoms with van der Waals surface area (Å²) in [4.78, 5) is 10.0. The highest BCUT2D eigenvalue weighted by molar-refractivity contribution is 6.36. The van der Waals surface area contributed by atoms with Gasteiger partial charge in [0.15, 0.2) is 11.6 Å². The number of imidazole rings is 1. The molecule has 0 bridgehead atoms. The normalized spacial score (nSPS) is 15.9. The van der Waals surface area contributed by atoms with Gasteiger partial charge in [0.25, 0.3) is 0 Å². The number of rotatable bonds is 6. The van der Waals surface area contributed by atoms with E-state index in [-0.39, 0.29) is 0 Å². The molecule has 0 radical (unpaired) electrons. The summed E-state index contributed by atoms with van der Waals surface area (Å²) in [6, 6.07) is 8.21. The van der Waals surface area contributed by atoms with Crippen molar-refractivity contribution in [1.29, 1.82) is 0 Å². The van der Waals surface area contributed by atoms with Crippen LogP contribution in [-0.2, 0) is 6.54 Å². The number of halogens is 3. The van der Waals surface area contributed by atoms with Crippen molar-refractivity contribution in [2.75, 3.05) is 20.1 Å². The first-order chi connectivity index (χ1) is 15.5. The Bertz CT molecular complexity index is 1220. The van der Waals surface area contributed by atoms with Gasteiger partial charge in [0.05, 0.1) is 21.6 Å². The SMILES string of the molecule is CN1CCC(CCCCn2cc(Cl)c3c(-c4nc5cc(F)c(F)cc5[nH]4)cccc32)CC1. The molecule has 3 heterocycles. The average Bonchev–Trinajstić information content (AvgIpc) is 3.33. The average molecular weight is 457 g/mol. The van der Waals surface area contributed by atoms with Crippen LogP contribution in [0.3, 0.4) is 0 Å². The van der Waals surface area contributed by atoms with E-state index in [9.17, 15) is 8.78 Å². The number of fused-ring (bicyclic) bond motifs is 2. The molecule has 5 rings (SSSR count). The Kier molecular flexibility index (Phi) is 5.91. The molecule has 0 aliphatic carbocycles. The smallest absolute Gasteiger partial charge is 0.161 e. The molecule has 0 spiro atoms. The topological polar surface area (TPSA) is 36.9 Å². The van der Waals surface area contributed by atoms with E-state index in [1.165, 1.54) is 38.8 Å². The van der Waals surface area contributed by atoms with Gasteiger partial charge in [0.1, 0.15) is 5.82 Å². The summed E-state index contributed by atoms with van der Waals surface area (Å²) in [5, 5.41) is 1.56. The molecule has 32 heavy (non-hydrogen) atoms. The Labute approximate surface area is 191 Å². The van der Waals surface area contributed by atoms with E-state index >= 15 is 0 Å². The molecule has 4 aromatic rings. The maximum Gasteiger partial charge on any atom is 0.161 e. The quantitative estimate of drug-likeness (QED) is 0.331. The number of hydrogen-bond donors (Lipinski definition) is 1. The van der Waals surface area contributed by atoms with Crippen molar-refractivity contribution in [2.45, 2.75) is 38.6 Å². The third kappa shape index (κ3) is 4.14. The lowest BCUT2D eigenvalue weighted by Crippen LogP contribution is -2.30. The van der Waals surface area contributed by atoms with Gasteiger partial charge in [-0.15, -0.1) is 0 Å². The van der Waals surface area contributed by atoms with E-state index < -0.39 is 11.6 Å². The van der Waals surface area contributed by atoms with Crippen LogP contribution in [0.4, 0.5) is 8.78 Å². The zero-order chi connectivity index (χ0) is 22.2. The van der Waals surface area contributed by atoms with Gasteiger partial charge in [-0.1, -0.05) is 36.6 Å². The van der Waals surface area contributed by atoms with Crippen LogP contribution < -0.4 is 0 Å². The second-order valence-corrected chi connectivity index (χ2v) is 9.39. The van der Waals surface area contributed by atoms with Crippen molar-refractivity contribution in [3.05, 3.63) is 53.2 Å². The molecule has 1 aliphatic rings. The number of aryl methyl sites for hydroxylation is 1. The van der Waals surface area contributed by atoms with Crippen LogP contribution in [-0.4, -0.2) is 39.6 Å². The van der Waals surface area contributed by atoms with Gasteiger partial charge in [0, 0.05) is 35.8 Å². The summed E-state index contributed by atoms with van der Waals surface area (Å²) in [7, 11) is 2.20. The largest absolute Gasteiger partial charge is 0.346 e. The first-order valence-corrected chi connectivity index (χ1v) is 11.7. The summed E-state index contributed by atoms with van der Waals surface area (Å²) >= 11 is 6.64. The molecule has 1 N–H and O–H groups in total. The van der Waals surface area contributed by atoms with E-state index in [4.69, 9.17) is 11.6 Å². The highest BCUT2D eigenvalue weighted by atomic mass is 35.5. The molecule has 4 nitrogen and oxygen atoms in total. The Hall–Kier alpha value is -2.44. The van der Waals surface area contributed by atoms with Crippen LogP contribution in [0.1, 0.15) is 32.1 Å². The molecular weight excluding hydrogens is 430 g/mol. The molecular formula is C25H27ClF2N4. The summed E-state index contributed by atoms with van der Waals surface area (Å²) in [5.41, 5.74) is 2.72. The summed E-state index contributed by atoms with van der Waals surface area (Å²) in [6.07, 6.45) is 8.21. The molecule has 168 valence electrons. The molecule has 2 aromatic carbocycles. The Morgan fingerprint density at radius 2 is 1.91 bits per heavy atom. The summed E-state index contributed by atoms with van der Waals surface area (Å²) < 4.78 is 29.4. The fourth-order valence-corrected chi connectivity index (χ4v) is 5.20. The predicted octanol–water partition coefficient (Wildman–Crippen LogP) is 6.63. The summed E-state index contributed by atoms with van der Waals surface area (Å²) in [5.74, 6) is -0.392. The van der Waals surface area contributed by atoms with Gasteiger partial charge in [0.2, 0.25) is 0 Å². The number of piperidine rings is 1. The number of hydrogen-bond acceptors (Lipinski definition) is 2. The highest BCUT2D eigenvalue weighted by Crippen LogP contribution is 2.35. The molecule has 7 heteroatoms. The lowest BCUT2D eigenvalue weighted by atomic mass is 9.92. The van der Waals surface area contributed by atoms with Crippen molar-refractivity contribution < 1.29 is 8.78 Å². The third-order valence-electron chi connectivity index (χ3n) is 6.74. The maximum absolute atomic E-state index is 13.6. The van der Waals surface area contributed by atoms with Crippen LogP contribution in [0, 0.1) is 17.6 Å². The minimum Gasteiger partial charge on any atom is -0.346 e. The standard InChI is InChI=1S/C25H27ClF2N4/c1-31-11-8-16(9-12-31)5-2-3-10-32-15-18(26)24-17(6-4-7-23(24)32)25-29-21-13-19(27)20(28)14-22(21)30-25/h4,6-7,13-16H,2-3,5,8-12H2,1H3,(H,29,30). The fraction of sp³-hybridized carbons (Fsp3) is 0.400. The van der Waals surface area contributed by atoms with Gasteiger partial charge in [-0.25, -0.2) is 13.8 Å². The molecule has 0 unspecified atom stereocenters. The van der Waals surface area contributed by atoms with Crippen LogP contribution in [0.2, 0.25) is 5.02 Å². The minimum atomic E-state index is -0.904. The molecule has 1 fully saturated rings. The zero-order valence-electron chi connectivity index (χ0n) is 18.2. The van der Waals surface area contributed by atoms with Gasteiger partial charge in [-0.3, -0.25) is 0 Å². The molecule has 2 aromatic heterocycles. The predicted molar refractivity (Wildman–Crippen MR) is 126 cm³/mol. The molecule has 0 amide bonds. The van der Waals surface area contributed by atoms with Crippen molar-refractivity contribution >= 4 is 33.5 Å². The fourth-order valence-electron chi connectivity index (χ4n) is 4.88. The third-order valence-corrected chi connectivity index (χ3v) is 7.03. The number of H-pyrrole nitrogens is 1. The maximum atomic E-state index is 13.6. The molecule has 1 saturated heterocycles. The molecule has 1 aliphatic heterocycles. The Morgan fingerprint density at radius 3 is 2.72 bits per heavy atom. The van der Waals surface area contributed by atoms with E-state index in [1.807, 2.05) is 18.3 Å². The number of benzene rings is 2. The highest BCUT2D eigenvalue weighted by Gasteiger charge is 2.18. The minimum absolute atomic E-state index is 0.389. The van der Waals surface area contributed by atoms with E-state index in [0.717, 1.165) is 47.5 Å². The van der Waals surface area contributed by atoms with Crippen molar-refractivity contribution in [3.63, 3.8) is 0 Å². The van der Waals surface area contributed by atoms with Crippen LogP contribution in [0.5, 0.6) is 0 Å². The van der Waals surface area contributed by atoms with Crippen molar-refractivity contribution in [3.8, 4) is 11.4 Å². The molecule has 0 atom stereocenters. The van der Waals surface area contributed by atoms with Gasteiger partial charge < -0.3 is 14.5 Å². The van der Waals surface area contributed by atoms with E-state index in [0.29, 0.717) is 21.9 Å². The first kappa shape index (κ1) is 21.4. The summed E-state index contributed by atoms with van der Waals surface area (Å²) in [6.45, 7) is 3.34. The van der Waals surface area contributed by atoms with Gasteiger partial charge >= 0.3 is 0 Å². The number of nitrogens with zero attached hydrogens (tertiary/aromatic N) is 3. The number of unbranched alkanes of at least 4 members (excludes halogenated alkanes) is 1. The number of nitrogens with one attached hydrogen (secondary N) is 1. The Morgan fingerprint density at radius 1 is 1.12 bits per heavy atom. The van der Waals surface area contributed by atoms with Crippen molar-refractivity contribution in [1.82, 2.24) is 19.4 Å². The van der Waals surface area contributed by atoms with Crippen LogP contribution in [0.25, 0.3) is 33.3 Å². The Balaban J connectivity index is 1.35. The van der Waals surface area contributed by atoms with Gasteiger partial charge in [-0.05, 0) is 51.4 Å². The first-order valence-electron chi connectivity index (χ1n) is 11.3. The monoisotopic (exact) mass is 456 g/mol. The van der Waals surface area contributed by atoms with E-state index in [1.54, 1.807) is 0 Å². The van der Waals surface area contributed by atoms with Crippen molar-refractivity contribution in [2.24, 2.45) is 5.92 Å². The lowest BCUT2D eigenvalue weighted by molar-refractivity contribution is 0.209. The molecule has 0 saturated carbocycles. The number of likely N-dealkylation sites (tertiary alicyclic amines) is 1. The lowest BCUT2D eigenvalue weighted by Gasteiger charge is -2.28. The van der Waals surface area contributed by atoms with Crippen LogP contribution >= 0.6 is 11.6 Å². The number of aromatic nitrogens is 3. The number of aromatic amines is 1. The van der Waals surface area contributed by atoms with Gasteiger partial charge in [-0.2, -0.15) is 0 Å². The second kappa shape index (κ2) is 8.83. The zero-order valence-corrected chi connectivity index (χ0v) is 18.9. The van der Waals surface area contributed by atoms with E-state index in [2.05, 4.69) is 32.5 Å².